The van der Waals surface area contributed by atoms with Crippen molar-refractivity contribution in [3.63, 3.8) is 0 Å². The summed E-state index contributed by atoms with van der Waals surface area (Å²) in [6, 6.07) is 8.71. The first-order valence-electron chi connectivity index (χ1n) is 12.5. The van der Waals surface area contributed by atoms with Crippen LogP contribution in [0.5, 0.6) is 0 Å². The molecule has 1 aromatic heterocycles. The molecule has 0 bridgehead atoms. The molecule has 2 aliphatic rings. The minimum absolute atomic E-state index is 0.0414. The van der Waals surface area contributed by atoms with Gasteiger partial charge in [0.15, 0.2) is 0 Å². The lowest BCUT2D eigenvalue weighted by Crippen LogP contribution is -2.48. The minimum Gasteiger partial charge on any atom is -0.382 e. The van der Waals surface area contributed by atoms with E-state index < -0.39 is 5.56 Å². The lowest BCUT2D eigenvalue weighted by molar-refractivity contribution is -0.122. The van der Waals surface area contributed by atoms with Crippen molar-refractivity contribution in [3.8, 4) is 6.07 Å². The number of benzene rings is 1. The molecule has 2 aliphatic heterocycles. The largest absolute Gasteiger partial charge is 0.382 e. The highest BCUT2D eigenvalue weighted by atomic mass is 32.2. The van der Waals surface area contributed by atoms with Crippen LogP contribution in [0.25, 0.3) is 6.08 Å². The lowest BCUT2D eigenvalue weighted by atomic mass is 10.0. The first-order chi connectivity index (χ1) is 18.3. The van der Waals surface area contributed by atoms with Gasteiger partial charge in [-0.2, -0.15) is 5.26 Å². The smallest absolute Gasteiger partial charge is 0.270 e. The molecule has 2 fully saturated rings. The summed E-state index contributed by atoms with van der Waals surface area (Å²) < 4.78 is 21.7. The van der Waals surface area contributed by atoms with E-state index in [1.807, 2.05) is 24.0 Å². The van der Waals surface area contributed by atoms with Crippen molar-refractivity contribution in [2.45, 2.75) is 20.3 Å². The molecular weight excluding hydrogens is 525 g/mol. The third-order valence-electron chi connectivity index (χ3n) is 6.76. The Morgan fingerprint density at radius 1 is 1.18 bits per heavy atom. The van der Waals surface area contributed by atoms with Gasteiger partial charge in [-0.3, -0.25) is 19.1 Å². The van der Waals surface area contributed by atoms with Crippen molar-refractivity contribution >= 4 is 51.8 Å². The van der Waals surface area contributed by atoms with Crippen LogP contribution in [0.3, 0.4) is 0 Å². The fraction of sp³-hybridized carbons (Fsp3) is 0.407. The number of anilines is 2. The summed E-state index contributed by atoms with van der Waals surface area (Å²) in [4.78, 5) is 32.4. The molecule has 3 heterocycles. The molecular formula is C27H30FN5O3S2. The number of para-hydroxylation sites is 1. The third kappa shape index (κ3) is 5.48. The maximum atomic E-state index is 14.4. The molecule has 0 radical (unpaired) electrons. The van der Waals surface area contributed by atoms with Gasteiger partial charge in [-0.15, -0.1) is 0 Å². The SMILES string of the molecule is CCOCCCN1C(=O)/C(=C/c2c(C)c(C#N)c(=O)n(C)c2N2CCN(c3ccccc3F)CC2)SC1=S. The van der Waals surface area contributed by atoms with Crippen LogP contribution in [0, 0.1) is 24.1 Å². The van der Waals surface area contributed by atoms with E-state index in [9.17, 15) is 19.2 Å². The molecule has 1 aromatic carbocycles. The third-order valence-corrected chi connectivity index (χ3v) is 8.14. The molecule has 0 N–H and O–H groups in total. The molecule has 2 aromatic rings. The van der Waals surface area contributed by atoms with E-state index in [0.29, 0.717) is 84.2 Å². The quantitative estimate of drug-likeness (QED) is 0.277. The lowest BCUT2D eigenvalue weighted by Gasteiger charge is -2.38. The number of rotatable bonds is 8. The zero-order chi connectivity index (χ0) is 27.4. The molecule has 11 heteroatoms. The maximum absolute atomic E-state index is 14.4. The fourth-order valence-electron chi connectivity index (χ4n) is 4.75. The topological polar surface area (TPSA) is 81.8 Å². The van der Waals surface area contributed by atoms with Gasteiger partial charge in [0.1, 0.15) is 27.6 Å². The van der Waals surface area contributed by atoms with Gasteiger partial charge in [0, 0.05) is 58.5 Å². The summed E-state index contributed by atoms with van der Waals surface area (Å²) in [5.74, 6) is 0.159. The van der Waals surface area contributed by atoms with E-state index >= 15 is 0 Å². The second-order valence-electron chi connectivity index (χ2n) is 9.02. The molecule has 38 heavy (non-hydrogen) atoms. The Balaban J connectivity index is 1.66. The van der Waals surface area contributed by atoms with Gasteiger partial charge >= 0.3 is 0 Å². The second-order valence-corrected chi connectivity index (χ2v) is 10.7. The number of amides is 1. The highest BCUT2D eigenvalue weighted by Crippen LogP contribution is 2.36. The van der Waals surface area contributed by atoms with Crippen LogP contribution in [-0.4, -0.2) is 65.6 Å². The summed E-state index contributed by atoms with van der Waals surface area (Å²) in [5.41, 5.74) is 1.35. The molecule has 0 spiro atoms. The van der Waals surface area contributed by atoms with Crippen LogP contribution in [0.15, 0.2) is 34.0 Å². The highest BCUT2D eigenvalue weighted by Gasteiger charge is 2.33. The van der Waals surface area contributed by atoms with E-state index in [4.69, 9.17) is 17.0 Å². The standard InChI is InChI=1S/C27H30FN5O3S2/c1-4-36-15-7-10-33-26(35)23(38-27(33)37)16-19-18(2)20(17-29)25(34)30(3)24(19)32-13-11-31(12-14-32)22-9-6-5-8-21(22)28/h5-6,8-9,16H,4,7,10-15H2,1-3H3/b23-16-. The number of carbonyl (C=O) groups excluding carboxylic acids is 1. The number of hydrogen-bond acceptors (Lipinski definition) is 8. The van der Waals surface area contributed by atoms with E-state index in [1.54, 1.807) is 37.1 Å². The van der Waals surface area contributed by atoms with Crippen molar-refractivity contribution in [2.24, 2.45) is 7.05 Å². The summed E-state index contributed by atoms with van der Waals surface area (Å²) in [6.07, 6.45) is 2.42. The van der Waals surface area contributed by atoms with Gasteiger partial charge in [-0.05, 0) is 44.0 Å². The Bertz CT molecular complexity index is 1380. The molecule has 1 amide bonds. The van der Waals surface area contributed by atoms with Crippen molar-refractivity contribution in [1.29, 1.82) is 5.26 Å². The van der Waals surface area contributed by atoms with Crippen molar-refractivity contribution in [2.75, 3.05) is 55.7 Å². The predicted molar refractivity (Wildman–Crippen MR) is 153 cm³/mol. The second kappa shape index (κ2) is 12.1. The van der Waals surface area contributed by atoms with Crippen LogP contribution in [0.2, 0.25) is 0 Å². The first-order valence-corrected chi connectivity index (χ1v) is 13.7. The zero-order valence-electron chi connectivity index (χ0n) is 21.7. The number of ether oxygens (including phenoxy) is 1. The fourth-order valence-corrected chi connectivity index (χ4v) is 6.04. The molecule has 0 aliphatic carbocycles. The average molecular weight is 556 g/mol. The van der Waals surface area contributed by atoms with E-state index in [-0.39, 0.29) is 17.3 Å². The number of hydrogen-bond donors (Lipinski definition) is 0. The molecule has 0 atom stereocenters. The summed E-state index contributed by atoms with van der Waals surface area (Å²) in [6.45, 7) is 7.44. The normalized spacial score (nSPS) is 17.0. The number of piperazine rings is 1. The van der Waals surface area contributed by atoms with Gasteiger partial charge in [-0.25, -0.2) is 4.39 Å². The highest BCUT2D eigenvalue weighted by molar-refractivity contribution is 8.26. The number of halogens is 1. The molecule has 2 saturated heterocycles. The van der Waals surface area contributed by atoms with Crippen LogP contribution in [-0.2, 0) is 16.6 Å². The van der Waals surface area contributed by atoms with Gasteiger partial charge in [0.05, 0.1) is 10.6 Å². The monoisotopic (exact) mass is 555 g/mol. The molecule has 0 unspecified atom stereocenters. The number of thioether (sulfide) groups is 1. The van der Waals surface area contributed by atoms with Crippen LogP contribution < -0.4 is 15.4 Å². The molecule has 4 rings (SSSR count). The number of carbonyl (C=O) groups is 1. The summed E-state index contributed by atoms with van der Waals surface area (Å²) in [5, 5.41) is 9.72. The van der Waals surface area contributed by atoms with Gasteiger partial charge < -0.3 is 14.5 Å². The van der Waals surface area contributed by atoms with E-state index in [1.165, 1.54) is 22.4 Å². The van der Waals surface area contributed by atoms with Crippen molar-refractivity contribution in [1.82, 2.24) is 9.47 Å². The van der Waals surface area contributed by atoms with Crippen LogP contribution in [0.4, 0.5) is 15.9 Å². The Hall–Kier alpha value is -3.20. The van der Waals surface area contributed by atoms with Gasteiger partial charge in [0.2, 0.25) is 0 Å². The molecule has 8 nitrogen and oxygen atoms in total. The Morgan fingerprint density at radius 3 is 2.53 bits per heavy atom. The maximum Gasteiger partial charge on any atom is 0.270 e. The summed E-state index contributed by atoms with van der Waals surface area (Å²) in [7, 11) is 1.64. The summed E-state index contributed by atoms with van der Waals surface area (Å²) >= 11 is 6.69. The molecule has 0 saturated carbocycles. The Kier molecular flexibility index (Phi) is 8.87. The number of nitrogens with zero attached hydrogens (tertiary/aromatic N) is 5. The Morgan fingerprint density at radius 2 is 1.87 bits per heavy atom. The van der Waals surface area contributed by atoms with E-state index in [2.05, 4.69) is 4.90 Å². The number of nitriles is 1. The van der Waals surface area contributed by atoms with Gasteiger partial charge in [-0.1, -0.05) is 36.1 Å². The number of pyridine rings is 1. The average Bonchev–Trinajstić information content (AvgIpc) is 3.18. The predicted octanol–water partition coefficient (Wildman–Crippen LogP) is 3.66. The van der Waals surface area contributed by atoms with Crippen molar-refractivity contribution in [3.05, 3.63) is 62.0 Å². The minimum atomic E-state index is -0.392. The van der Waals surface area contributed by atoms with Crippen molar-refractivity contribution < 1.29 is 13.9 Å². The van der Waals surface area contributed by atoms with Crippen LogP contribution >= 0.6 is 24.0 Å². The molecule has 200 valence electrons. The number of thiocarbonyl (C=S) groups is 1. The Labute approximate surface area is 231 Å². The van der Waals surface area contributed by atoms with E-state index in [0.717, 1.165) is 0 Å². The zero-order valence-corrected chi connectivity index (χ0v) is 23.3. The first kappa shape index (κ1) is 27.8. The number of aromatic nitrogens is 1. The van der Waals surface area contributed by atoms with Gasteiger partial charge in [0.25, 0.3) is 11.5 Å². The van der Waals surface area contributed by atoms with Crippen LogP contribution in [0.1, 0.15) is 30.0 Å².